The van der Waals surface area contributed by atoms with Crippen LogP contribution >= 0.6 is 0 Å². The van der Waals surface area contributed by atoms with Gasteiger partial charge in [-0.3, -0.25) is 0 Å². The molecule has 1 aromatic heterocycles. The second-order valence-corrected chi connectivity index (χ2v) is 18.9. The third-order valence-electron chi connectivity index (χ3n) is 11.1. The van der Waals surface area contributed by atoms with Crippen molar-refractivity contribution in [3.05, 3.63) is 149 Å². The van der Waals surface area contributed by atoms with E-state index in [0.717, 1.165) is 22.4 Å². The molecular formula is C52H64AuN4-2. The molecule has 0 spiro atoms. The topological polar surface area (TPSA) is 32.9 Å². The normalized spacial score (nSPS) is 13.5. The van der Waals surface area contributed by atoms with Crippen molar-refractivity contribution in [2.45, 2.75) is 131 Å². The standard InChI is InChI=1S/C32H40N3.C20H24N.Au/c1-21(2)26-16-12-17-27(22(3)4)30(26)34-20-35(33-32(34)25-14-10-9-11-15-25)31-28(23(5)6)18-13-19-29(31)24(7)8;1-19(2,3)13-7-9-17-15(11-13)16-12-14(20(4,5)6)8-10-18(16)21-17;/h9-24H,1-8H3;7-12H,1-6H3;/q2*-1;. The summed E-state index contributed by atoms with van der Waals surface area (Å²) in [7, 11) is 0. The molecule has 7 rings (SSSR count). The van der Waals surface area contributed by atoms with Gasteiger partial charge in [0.2, 0.25) is 0 Å². The maximum atomic E-state index is 5.29. The molecule has 1 radical (unpaired) electrons. The number of amidine groups is 1. The number of hydrogen-bond acceptors (Lipinski definition) is 3. The van der Waals surface area contributed by atoms with Gasteiger partial charge in [-0.25, -0.2) is 0 Å². The van der Waals surface area contributed by atoms with Crippen LogP contribution in [0.5, 0.6) is 0 Å². The molecular weight excluding hydrogens is 878 g/mol. The Labute approximate surface area is 359 Å². The number of para-hydroxylation sites is 2. The van der Waals surface area contributed by atoms with E-state index in [4.69, 9.17) is 10.1 Å². The number of fused-ring (bicyclic) bond motifs is 3. The zero-order valence-corrected chi connectivity index (χ0v) is 39.0. The van der Waals surface area contributed by atoms with Gasteiger partial charge in [-0.05, 0) is 78.7 Å². The van der Waals surface area contributed by atoms with Gasteiger partial charge < -0.3 is 14.9 Å². The monoisotopic (exact) mass is 941 g/mol. The first-order valence-electron chi connectivity index (χ1n) is 20.7. The summed E-state index contributed by atoms with van der Waals surface area (Å²) in [5, 5.41) is 9.99. The van der Waals surface area contributed by atoms with Gasteiger partial charge in [-0.1, -0.05) is 200 Å². The summed E-state index contributed by atoms with van der Waals surface area (Å²) in [5.74, 6) is 2.56. The quantitative estimate of drug-likeness (QED) is 0.118. The summed E-state index contributed by atoms with van der Waals surface area (Å²) in [4.78, 5) is 7.10. The van der Waals surface area contributed by atoms with Gasteiger partial charge >= 0.3 is 0 Å². The Morgan fingerprint density at radius 3 is 1.30 bits per heavy atom. The summed E-state index contributed by atoms with van der Waals surface area (Å²) >= 11 is 0. The second kappa shape index (κ2) is 17.4. The fraction of sp³-hybridized carbons (Fsp3) is 0.385. The predicted molar refractivity (Wildman–Crippen MR) is 244 cm³/mol. The molecule has 0 fully saturated rings. The summed E-state index contributed by atoms with van der Waals surface area (Å²) in [6, 6.07) is 37.4. The van der Waals surface area contributed by atoms with Crippen LogP contribution in [0.2, 0.25) is 0 Å². The maximum absolute atomic E-state index is 5.29. The number of benzene rings is 5. The first-order chi connectivity index (χ1) is 26.4. The van der Waals surface area contributed by atoms with Crippen molar-refractivity contribution in [3.63, 3.8) is 0 Å². The molecule has 57 heavy (non-hydrogen) atoms. The average molecular weight is 942 g/mol. The summed E-state index contributed by atoms with van der Waals surface area (Å²) in [6.45, 7) is 33.9. The molecule has 5 aromatic carbocycles. The Morgan fingerprint density at radius 1 is 0.509 bits per heavy atom. The first kappa shape index (κ1) is 44.0. The Kier molecular flexibility index (Phi) is 13.4. The van der Waals surface area contributed by atoms with Gasteiger partial charge in [-0.2, -0.15) is 5.10 Å². The zero-order chi connectivity index (χ0) is 40.7. The number of aromatic nitrogens is 1. The van der Waals surface area contributed by atoms with Gasteiger partial charge in [0.25, 0.3) is 0 Å². The van der Waals surface area contributed by atoms with E-state index in [1.54, 1.807) is 0 Å². The molecule has 0 N–H and O–H groups in total. The maximum Gasteiger partial charge on any atom is 0.129 e. The molecule has 5 heteroatoms. The number of rotatable bonds is 7. The number of anilines is 2. The van der Waals surface area contributed by atoms with E-state index in [0.29, 0.717) is 23.7 Å². The van der Waals surface area contributed by atoms with Gasteiger partial charge in [0.15, 0.2) is 0 Å². The van der Waals surface area contributed by atoms with Crippen molar-refractivity contribution in [1.29, 1.82) is 0 Å². The molecule has 305 valence electrons. The first-order valence-corrected chi connectivity index (χ1v) is 20.7. The minimum atomic E-state index is 0. The minimum Gasteiger partial charge on any atom is -0.657 e. The predicted octanol–water partition coefficient (Wildman–Crippen LogP) is 14.5. The minimum absolute atomic E-state index is 0. The van der Waals surface area contributed by atoms with Crippen LogP contribution in [0.25, 0.3) is 21.8 Å². The molecule has 0 saturated heterocycles. The number of nitrogens with zero attached hydrogens (tertiary/aromatic N) is 4. The van der Waals surface area contributed by atoms with E-state index in [1.165, 1.54) is 55.5 Å². The molecule has 2 heterocycles. The molecule has 0 bridgehead atoms. The van der Waals surface area contributed by atoms with Crippen LogP contribution in [-0.2, 0) is 33.2 Å². The van der Waals surface area contributed by atoms with Crippen molar-refractivity contribution in [2.75, 3.05) is 9.91 Å². The fourth-order valence-corrected chi connectivity index (χ4v) is 7.72. The van der Waals surface area contributed by atoms with Crippen LogP contribution in [0.3, 0.4) is 0 Å². The second-order valence-electron chi connectivity index (χ2n) is 18.9. The van der Waals surface area contributed by atoms with Gasteiger partial charge in [-0.15, -0.1) is 17.7 Å². The van der Waals surface area contributed by atoms with Crippen molar-refractivity contribution >= 4 is 39.0 Å². The molecule has 1 aliphatic rings. The molecule has 4 nitrogen and oxygen atoms in total. The Bertz CT molecular complexity index is 2210. The molecule has 0 saturated carbocycles. The van der Waals surface area contributed by atoms with E-state index < -0.39 is 0 Å². The van der Waals surface area contributed by atoms with Crippen molar-refractivity contribution < 1.29 is 22.4 Å². The van der Waals surface area contributed by atoms with Gasteiger partial charge in [0.1, 0.15) is 5.84 Å². The van der Waals surface area contributed by atoms with Crippen molar-refractivity contribution in [2.24, 2.45) is 5.10 Å². The SMILES string of the molecule is CC(C)(C)c1ccc2[n-]c3ccc(C(C)(C)C)cc3c2c1.CC(C)c1cccc(C(C)C)c1N1[CH-]N(c2c(C(C)C)cccc2C(C)C)C(c2ccccc2)=N1.[Au]. The van der Waals surface area contributed by atoms with Crippen LogP contribution in [0, 0.1) is 6.67 Å². The molecule has 0 atom stereocenters. The number of hydrazone groups is 1. The van der Waals surface area contributed by atoms with E-state index in [2.05, 4.69) is 217 Å². The Balaban J connectivity index is 0.000000241. The third-order valence-corrected chi connectivity index (χ3v) is 11.1. The Morgan fingerprint density at radius 2 is 0.912 bits per heavy atom. The molecule has 1 aliphatic heterocycles. The van der Waals surface area contributed by atoms with Crippen molar-refractivity contribution in [1.82, 2.24) is 4.98 Å². The van der Waals surface area contributed by atoms with E-state index in [1.807, 2.05) is 0 Å². The van der Waals surface area contributed by atoms with E-state index in [-0.39, 0.29) is 33.2 Å². The molecule has 6 aromatic rings. The average Bonchev–Trinajstić information content (AvgIpc) is 3.75. The van der Waals surface area contributed by atoms with E-state index in [9.17, 15) is 0 Å². The smallest absolute Gasteiger partial charge is 0.129 e. The molecule has 0 unspecified atom stereocenters. The van der Waals surface area contributed by atoms with Gasteiger partial charge in [0.05, 0.1) is 0 Å². The Hall–Kier alpha value is -4.09. The summed E-state index contributed by atoms with van der Waals surface area (Å²) in [6.07, 6.45) is 0. The van der Waals surface area contributed by atoms with Crippen LogP contribution in [0.15, 0.2) is 108 Å². The molecule has 0 amide bonds. The summed E-state index contributed by atoms with van der Waals surface area (Å²) < 4.78 is 0. The van der Waals surface area contributed by atoms with E-state index >= 15 is 0 Å². The van der Waals surface area contributed by atoms with Gasteiger partial charge in [0, 0.05) is 39.3 Å². The zero-order valence-electron chi connectivity index (χ0n) is 36.8. The van der Waals surface area contributed by atoms with Crippen LogP contribution in [0.1, 0.15) is 160 Å². The largest absolute Gasteiger partial charge is 0.657 e. The summed E-state index contributed by atoms with van der Waals surface area (Å²) in [5.41, 5.74) is 14.2. The third kappa shape index (κ3) is 9.30. The van der Waals surface area contributed by atoms with Crippen LogP contribution in [0.4, 0.5) is 11.4 Å². The van der Waals surface area contributed by atoms with Crippen LogP contribution < -0.4 is 14.9 Å². The number of hydrogen-bond donors (Lipinski definition) is 0. The molecule has 0 aliphatic carbocycles. The van der Waals surface area contributed by atoms with Crippen molar-refractivity contribution in [3.8, 4) is 0 Å². The van der Waals surface area contributed by atoms with Crippen LogP contribution in [-0.4, -0.2) is 5.84 Å². The fourth-order valence-electron chi connectivity index (χ4n) is 7.72.